The lowest BCUT2D eigenvalue weighted by Crippen LogP contribution is -2.58. The molecule has 10 nitrogen and oxygen atoms in total. The molecule has 1 amide bonds. The highest BCUT2D eigenvalue weighted by molar-refractivity contribution is 5.92. The number of ketones is 2. The number of hydrogen-bond donors (Lipinski definition) is 4. The molecule has 0 spiro atoms. The number of nitrogens with one attached hydrogen (secondary N) is 1. The number of fused-ring (bicyclic) bond motifs is 5. The number of hydrogen-bond acceptors (Lipinski definition) is 8. The minimum atomic E-state index is -1.62. The predicted molar refractivity (Wildman–Crippen MR) is 158 cm³/mol. The van der Waals surface area contributed by atoms with Crippen molar-refractivity contribution in [1.82, 2.24) is 5.32 Å². The summed E-state index contributed by atoms with van der Waals surface area (Å²) in [6, 6.07) is 6.44. The molecule has 3 fully saturated rings. The number of amides is 1. The van der Waals surface area contributed by atoms with Crippen LogP contribution in [0.1, 0.15) is 89.7 Å². The summed E-state index contributed by atoms with van der Waals surface area (Å²) in [5.74, 6) is -2.44. The van der Waals surface area contributed by atoms with Gasteiger partial charge in [-0.1, -0.05) is 49.8 Å². The van der Waals surface area contributed by atoms with Gasteiger partial charge in [0, 0.05) is 18.3 Å². The Hall–Kier alpha value is -3.37. The van der Waals surface area contributed by atoms with E-state index >= 15 is 0 Å². The fraction of sp³-hybridized carbons (Fsp3) is 0.618. The van der Waals surface area contributed by atoms with E-state index in [0.717, 1.165) is 25.7 Å². The lowest BCUT2D eigenvalue weighted by molar-refractivity contribution is -0.170. The zero-order chi connectivity index (χ0) is 31.9. The Kier molecular flexibility index (Phi) is 8.88. The molecule has 44 heavy (non-hydrogen) atoms. The molecule has 0 saturated heterocycles. The Balaban J connectivity index is 1.14. The number of carboxylic acids is 1. The molecule has 4 N–H and O–H groups in total. The molecular weight excluding hydrogens is 566 g/mol. The molecule has 0 heterocycles. The van der Waals surface area contributed by atoms with E-state index in [0.29, 0.717) is 43.1 Å². The van der Waals surface area contributed by atoms with Crippen LogP contribution in [0, 0.1) is 28.6 Å². The summed E-state index contributed by atoms with van der Waals surface area (Å²) in [6.07, 6.45) is 5.34. The fourth-order valence-electron chi connectivity index (χ4n) is 8.95. The minimum Gasteiger partial charge on any atom is -0.480 e. The summed E-state index contributed by atoms with van der Waals surface area (Å²) < 4.78 is 5.20. The van der Waals surface area contributed by atoms with Crippen molar-refractivity contribution in [3.05, 3.63) is 47.5 Å². The van der Waals surface area contributed by atoms with E-state index in [1.165, 1.54) is 17.7 Å². The zero-order valence-corrected chi connectivity index (χ0v) is 25.4. The molecule has 10 heteroatoms. The topological polar surface area (TPSA) is 167 Å². The number of carbonyl (C=O) groups excluding carboxylic acids is 4. The second kappa shape index (κ2) is 12.2. The van der Waals surface area contributed by atoms with Crippen LogP contribution in [0.2, 0.25) is 0 Å². The average Bonchev–Trinajstić information content (AvgIpc) is 3.29. The smallest absolute Gasteiger partial charge is 0.329 e. The summed E-state index contributed by atoms with van der Waals surface area (Å²) in [5, 5.41) is 34.0. The lowest BCUT2D eigenvalue weighted by atomic mass is 9.46. The van der Waals surface area contributed by atoms with Gasteiger partial charge < -0.3 is 25.4 Å². The second-order valence-corrected chi connectivity index (χ2v) is 13.6. The first-order chi connectivity index (χ1) is 20.8. The van der Waals surface area contributed by atoms with Crippen LogP contribution >= 0.6 is 0 Å². The highest BCUT2D eigenvalue weighted by atomic mass is 16.5. The quantitative estimate of drug-likeness (QED) is 0.291. The third-order valence-corrected chi connectivity index (χ3v) is 11.5. The molecule has 0 bridgehead atoms. The van der Waals surface area contributed by atoms with Crippen molar-refractivity contribution >= 4 is 29.4 Å². The number of ether oxygens (including phenoxy) is 1. The molecular formula is C34H43NO9. The maximum absolute atomic E-state index is 13.4. The van der Waals surface area contributed by atoms with E-state index in [4.69, 9.17) is 4.74 Å². The number of carbonyl (C=O) groups is 5. The molecule has 238 valence electrons. The summed E-state index contributed by atoms with van der Waals surface area (Å²) in [6.45, 7) is 3.67. The van der Waals surface area contributed by atoms with Crippen molar-refractivity contribution in [1.29, 1.82) is 0 Å². The van der Waals surface area contributed by atoms with Gasteiger partial charge in [0.1, 0.15) is 11.7 Å². The molecule has 0 aromatic heterocycles. The summed E-state index contributed by atoms with van der Waals surface area (Å²) in [5.41, 5.74) is -0.714. The predicted octanol–water partition coefficient (Wildman–Crippen LogP) is 3.44. The van der Waals surface area contributed by atoms with Crippen molar-refractivity contribution in [2.75, 3.05) is 6.61 Å². The van der Waals surface area contributed by atoms with Crippen molar-refractivity contribution < 1.29 is 44.0 Å². The van der Waals surface area contributed by atoms with Gasteiger partial charge >= 0.3 is 11.9 Å². The Morgan fingerprint density at radius 3 is 2.39 bits per heavy atom. The van der Waals surface area contributed by atoms with Gasteiger partial charge in [-0.15, -0.1) is 0 Å². The van der Waals surface area contributed by atoms with E-state index in [9.17, 15) is 39.3 Å². The van der Waals surface area contributed by atoms with Crippen LogP contribution in [0.4, 0.5) is 0 Å². The first kappa shape index (κ1) is 32.0. The molecule has 1 aromatic rings. The standard InChI is InChI=1S/C34H43NO9/c1-32-15-12-22(36)18-21(32)8-9-23-24(32)13-16-33(2)25(23)14-17-34(33,43)26(37)19-44-28(39)11-10-27(38)35-29(31(41)42)30(40)20-6-4-3-5-7-20/h3-7,18,23-25,29-30,40,43H,8-17,19H2,1-2H3,(H,35,38)(H,41,42)/t23-,24+,25+,29+,30-,32+,33+,34+/m1/s1. The van der Waals surface area contributed by atoms with Gasteiger partial charge in [-0.3, -0.25) is 19.2 Å². The van der Waals surface area contributed by atoms with Gasteiger partial charge in [0.15, 0.2) is 18.4 Å². The third kappa shape index (κ3) is 5.62. The Labute approximate surface area is 257 Å². The molecule has 3 saturated carbocycles. The maximum Gasteiger partial charge on any atom is 0.329 e. The molecule has 0 aliphatic heterocycles. The van der Waals surface area contributed by atoms with Gasteiger partial charge in [0.05, 0.1) is 6.42 Å². The van der Waals surface area contributed by atoms with E-state index in [-0.39, 0.29) is 17.1 Å². The van der Waals surface area contributed by atoms with E-state index < -0.39 is 66.2 Å². The molecule has 4 aliphatic rings. The van der Waals surface area contributed by atoms with Gasteiger partial charge in [-0.25, -0.2) is 4.79 Å². The van der Waals surface area contributed by atoms with Gasteiger partial charge in [-0.2, -0.15) is 0 Å². The molecule has 5 rings (SSSR count). The molecule has 0 unspecified atom stereocenters. The van der Waals surface area contributed by atoms with E-state index in [2.05, 4.69) is 12.2 Å². The lowest BCUT2D eigenvalue weighted by Gasteiger charge is -2.58. The summed E-state index contributed by atoms with van der Waals surface area (Å²) >= 11 is 0. The van der Waals surface area contributed by atoms with Crippen molar-refractivity contribution in [3.8, 4) is 0 Å². The van der Waals surface area contributed by atoms with Gasteiger partial charge in [-0.05, 0) is 79.8 Å². The summed E-state index contributed by atoms with van der Waals surface area (Å²) in [4.78, 5) is 62.1. The largest absolute Gasteiger partial charge is 0.480 e. The average molecular weight is 610 g/mol. The van der Waals surface area contributed by atoms with Crippen LogP contribution in [-0.2, 0) is 28.7 Å². The number of Topliss-reactive ketones (excluding diaryl/α,β-unsaturated/α-hetero) is 1. The highest BCUT2D eigenvalue weighted by Crippen LogP contribution is 2.67. The number of aliphatic carboxylic acids is 1. The molecule has 0 radical (unpaired) electrons. The number of allylic oxidation sites excluding steroid dienone is 1. The number of esters is 1. The number of aliphatic hydroxyl groups excluding tert-OH is 1. The summed E-state index contributed by atoms with van der Waals surface area (Å²) in [7, 11) is 0. The van der Waals surface area contributed by atoms with Gasteiger partial charge in [0.25, 0.3) is 0 Å². The number of benzene rings is 1. The van der Waals surface area contributed by atoms with Crippen LogP contribution in [0.25, 0.3) is 0 Å². The Bertz CT molecular complexity index is 1360. The van der Waals surface area contributed by atoms with Crippen LogP contribution in [0.5, 0.6) is 0 Å². The Morgan fingerprint density at radius 2 is 1.68 bits per heavy atom. The third-order valence-electron chi connectivity index (χ3n) is 11.5. The molecule has 8 atom stereocenters. The molecule has 1 aromatic carbocycles. The first-order valence-corrected chi connectivity index (χ1v) is 15.7. The normalized spacial score (nSPS) is 34.0. The highest BCUT2D eigenvalue weighted by Gasteiger charge is 2.66. The van der Waals surface area contributed by atoms with Crippen molar-refractivity contribution in [3.63, 3.8) is 0 Å². The Morgan fingerprint density at radius 1 is 0.977 bits per heavy atom. The SMILES string of the molecule is C[C@]12CCC(=O)C=C1CC[C@@H]1[C@@H]2CC[C@@]2(C)[C@H]1CC[C@]2(O)C(=O)COC(=O)CCC(=O)N[C@H](C(=O)O)[C@H](O)c1ccccc1. The first-order valence-electron chi connectivity index (χ1n) is 15.7. The van der Waals surface area contributed by atoms with Crippen LogP contribution in [-0.4, -0.2) is 63.0 Å². The van der Waals surface area contributed by atoms with Crippen LogP contribution in [0.15, 0.2) is 42.0 Å². The zero-order valence-electron chi connectivity index (χ0n) is 25.4. The maximum atomic E-state index is 13.4. The van der Waals surface area contributed by atoms with Crippen LogP contribution in [0.3, 0.4) is 0 Å². The number of aliphatic hydroxyl groups is 2. The molecule has 4 aliphatic carbocycles. The van der Waals surface area contributed by atoms with Gasteiger partial charge in [0.2, 0.25) is 11.7 Å². The number of rotatable bonds is 10. The van der Waals surface area contributed by atoms with Crippen molar-refractivity contribution in [2.24, 2.45) is 28.6 Å². The van der Waals surface area contributed by atoms with E-state index in [1.807, 2.05) is 13.0 Å². The number of carboxylic acid groups (broad SMARTS) is 1. The minimum absolute atomic E-state index is 0.0190. The fourth-order valence-corrected chi connectivity index (χ4v) is 8.95. The van der Waals surface area contributed by atoms with E-state index in [1.54, 1.807) is 18.2 Å². The monoisotopic (exact) mass is 609 g/mol. The van der Waals surface area contributed by atoms with Crippen LogP contribution < -0.4 is 5.32 Å². The second-order valence-electron chi connectivity index (χ2n) is 13.6. The van der Waals surface area contributed by atoms with Crippen molar-refractivity contribution in [2.45, 2.75) is 95.8 Å².